The molecule has 108 valence electrons. The van der Waals surface area contributed by atoms with Gasteiger partial charge in [-0.25, -0.2) is 4.98 Å². The average molecular weight is 268 g/mol. The van der Waals surface area contributed by atoms with Crippen LogP contribution in [0.1, 0.15) is 26.0 Å². The predicted octanol–water partition coefficient (Wildman–Crippen LogP) is 0.534. The maximum absolute atomic E-state index is 11.6. The molecule has 0 spiro atoms. The molecule has 0 aliphatic carbocycles. The Morgan fingerprint density at radius 1 is 1.53 bits per heavy atom. The summed E-state index contributed by atoms with van der Waals surface area (Å²) in [6, 6.07) is 0.425. The number of rotatable bonds is 9. The van der Waals surface area contributed by atoms with Crippen LogP contribution >= 0.6 is 0 Å². The summed E-state index contributed by atoms with van der Waals surface area (Å²) >= 11 is 0. The fourth-order valence-corrected chi connectivity index (χ4v) is 1.56. The van der Waals surface area contributed by atoms with E-state index in [2.05, 4.69) is 29.5 Å². The number of ether oxygens (including phenoxy) is 1. The lowest BCUT2D eigenvalue weighted by Gasteiger charge is -2.06. The topological polar surface area (TPSA) is 68.2 Å². The van der Waals surface area contributed by atoms with Gasteiger partial charge < -0.3 is 19.9 Å². The van der Waals surface area contributed by atoms with E-state index in [4.69, 9.17) is 4.74 Å². The van der Waals surface area contributed by atoms with Gasteiger partial charge in [-0.1, -0.05) is 13.8 Å². The van der Waals surface area contributed by atoms with Gasteiger partial charge in [0.2, 0.25) is 5.91 Å². The number of hydrogen-bond acceptors (Lipinski definition) is 4. The first-order valence-corrected chi connectivity index (χ1v) is 6.61. The second-order valence-electron chi connectivity index (χ2n) is 4.77. The molecule has 1 heterocycles. The van der Waals surface area contributed by atoms with E-state index in [1.165, 1.54) is 0 Å². The Morgan fingerprint density at radius 2 is 2.32 bits per heavy atom. The van der Waals surface area contributed by atoms with Crippen molar-refractivity contribution in [2.24, 2.45) is 0 Å². The van der Waals surface area contributed by atoms with Crippen LogP contribution in [-0.4, -0.2) is 41.8 Å². The average Bonchev–Trinajstić information content (AvgIpc) is 2.80. The highest BCUT2D eigenvalue weighted by molar-refractivity contribution is 5.75. The molecule has 1 amide bonds. The van der Waals surface area contributed by atoms with E-state index in [0.717, 1.165) is 18.7 Å². The van der Waals surface area contributed by atoms with Gasteiger partial charge in [0.25, 0.3) is 0 Å². The van der Waals surface area contributed by atoms with Gasteiger partial charge in [-0.15, -0.1) is 0 Å². The van der Waals surface area contributed by atoms with Gasteiger partial charge in [-0.3, -0.25) is 4.79 Å². The highest BCUT2D eigenvalue weighted by Gasteiger charge is 2.04. The van der Waals surface area contributed by atoms with Crippen molar-refractivity contribution >= 4 is 5.91 Å². The van der Waals surface area contributed by atoms with Crippen molar-refractivity contribution in [2.75, 3.05) is 20.3 Å². The molecule has 1 aromatic heterocycles. The van der Waals surface area contributed by atoms with Crippen LogP contribution in [0.5, 0.6) is 0 Å². The summed E-state index contributed by atoms with van der Waals surface area (Å²) < 4.78 is 6.71. The summed E-state index contributed by atoms with van der Waals surface area (Å²) in [5, 5.41) is 6.13. The van der Waals surface area contributed by atoms with Gasteiger partial charge in [0.05, 0.1) is 12.0 Å². The van der Waals surface area contributed by atoms with Crippen LogP contribution in [-0.2, 0) is 22.6 Å². The fraction of sp³-hybridized carbons (Fsp3) is 0.692. The van der Waals surface area contributed by atoms with Crippen molar-refractivity contribution < 1.29 is 9.53 Å². The van der Waals surface area contributed by atoms with E-state index >= 15 is 0 Å². The standard InChI is InChI=1S/C13H24N4O2/c1-11(2)15-7-12-8-17(10-16-12)9-13(18)14-5-4-6-19-3/h8,10-11,15H,4-7,9H2,1-3H3,(H,14,18). The van der Waals surface area contributed by atoms with E-state index in [1.807, 2.05) is 6.20 Å². The summed E-state index contributed by atoms with van der Waals surface area (Å²) in [4.78, 5) is 15.9. The molecule has 0 fully saturated rings. The molecule has 1 rings (SSSR count). The Morgan fingerprint density at radius 3 is 3.00 bits per heavy atom. The number of nitrogens with zero attached hydrogens (tertiary/aromatic N) is 2. The maximum atomic E-state index is 11.6. The Kier molecular flexibility index (Phi) is 7.14. The van der Waals surface area contributed by atoms with Crippen LogP contribution in [0.4, 0.5) is 0 Å². The normalized spacial score (nSPS) is 10.9. The number of hydrogen-bond donors (Lipinski definition) is 2. The first-order chi connectivity index (χ1) is 9.11. The number of carbonyl (C=O) groups excluding carboxylic acids is 1. The third-order valence-corrected chi connectivity index (χ3v) is 2.55. The molecule has 0 bridgehead atoms. The zero-order valence-electron chi connectivity index (χ0n) is 12.0. The van der Waals surface area contributed by atoms with Crippen molar-refractivity contribution in [1.29, 1.82) is 0 Å². The number of amides is 1. The minimum atomic E-state index is -0.00290. The molecule has 1 aromatic rings. The first kappa shape index (κ1) is 15.7. The number of carbonyl (C=O) groups is 1. The Hall–Kier alpha value is -1.40. The Labute approximate surface area is 114 Å². The number of aromatic nitrogens is 2. The van der Waals surface area contributed by atoms with Crippen LogP contribution < -0.4 is 10.6 Å². The molecule has 0 saturated carbocycles. The summed E-state index contributed by atoms with van der Waals surface area (Å²) in [5.41, 5.74) is 0.945. The van der Waals surface area contributed by atoms with Gasteiger partial charge >= 0.3 is 0 Å². The van der Waals surface area contributed by atoms with Crippen LogP contribution in [0.15, 0.2) is 12.5 Å². The van der Waals surface area contributed by atoms with Gasteiger partial charge in [-0.05, 0) is 6.42 Å². The van der Waals surface area contributed by atoms with Crippen LogP contribution in [0.25, 0.3) is 0 Å². The predicted molar refractivity (Wildman–Crippen MR) is 73.7 cm³/mol. The molecule has 6 heteroatoms. The minimum Gasteiger partial charge on any atom is -0.385 e. The third-order valence-electron chi connectivity index (χ3n) is 2.55. The summed E-state index contributed by atoms with van der Waals surface area (Å²) in [5.74, 6) is -0.00290. The lowest BCUT2D eigenvalue weighted by molar-refractivity contribution is -0.121. The van der Waals surface area contributed by atoms with Crippen molar-refractivity contribution in [1.82, 2.24) is 20.2 Å². The van der Waals surface area contributed by atoms with E-state index < -0.39 is 0 Å². The molecule has 19 heavy (non-hydrogen) atoms. The molecule has 0 aliphatic rings. The van der Waals surface area contributed by atoms with E-state index in [-0.39, 0.29) is 5.91 Å². The zero-order valence-corrected chi connectivity index (χ0v) is 12.0. The molecule has 0 radical (unpaired) electrons. The lowest BCUT2D eigenvalue weighted by atomic mass is 10.3. The van der Waals surface area contributed by atoms with Gasteiger partial charge in [0.1, 0.15) is 6.54 Å². The zero-order chi connectivity index (χ0) is 14.1. The van der Waals surface area contributed by atoms with Crippen molar-refractivity contribution in [3.8, 4) is 0 Å². The highest BCUT2D eigenvalue weighted by atomic mass is 16.5. The molecular formula is C13H24N4O2. The molecular weight excluding hydrogens is 244 g/mol. The van der Waals surface area contributed by atoms with Crippen LogP contribution in [0.3, 0.4) is 0 Å². The molecule has 0 aliphatic heterocycles. The van der Waals surface area contributed by atoms with Crippen molar-refractivity contribution in [3.05, 3.63) is 18.2 Å². The van der Waals surface area contributed by atoms with Gasteiger partial charge in [-0.2, -0.15) is 0 Å². The molecule has 0 saturated heterocycles. The molecule has 6 nitrogen and oxygen atoms in total. The SMILES string of the molecule is COCCCNC(=O)Cn1cnc(CNC(C)C)c1. The summed E-state index contributed by atoms with van der Waals surface area (Å²) in [6.07, 6.45) is 4.41. The maximum Gasteiger partial charge on any atom is 0.239 e. The Balaban J connectivity index is 2.26. The van der Waals surface area contributed by atoms with Crippen LogP contribution in [0, 0.1) is 0 Å². The third kappa shape index (κ3) is 6.93. The largest absolute Gasteiger partial charge is 0.385 e. The first-order valence-electron chi connectivity index (χ1n) is 6.61. The van der Waals surface area contributed by atoms with Crippen molar-refractivity contribution in [3.63, 3.8) is 0 Å². The molecule has 0 atom stereocenters. The second-order valence-corrected chi connectivity index (χ2v) is 4.77. The van der Waals surface area contributed by atoms with E-state index in [0.29, 0.717) is 25.7 Å². The number of methoxy groups -OCH3 is 1. The monoisotopic (exact) mass is 268 g/mol. The van der Waals surface area contributed by atoms with Gasteiger partial charge in [0.15, 0.2) is 0 Å². The van der Waals surface area contributed by atoms with Crippen LogP contribution in [0.2, 0.25) is 0 Å². The fourth-order valence-electron chi connectivity index (χ4n) is 1.56. The summed E-state index contributed by atoms with van der Waals surface area (Å²) in [6.45, 7) is 6.51. The molecule has 0 unspecified atom stereocenters. The minimum absolute atomic E-state index is 0.00290. The summed E-state index contributed by atoms with van der Waals surface area (Å²) in [7, 11) is 1.65. The quantitative estimate of drug-likeness (QED) is 0.641. The van der Waals surface area contributed by atoms with E-state index in [9.17, 15) is 4.79 Å². The number of imidazole rings is 1. The smallest absolute Gasteiger partial charge is 0.239 e. The van der Waals surface area contributed by atoms with Gasteiger partial charge in [0, 0.05) is 39.0 Å². The van der Waals surface area contributed by atoms with E-state index in [1.54, 1.807) is 18.0 Å². The highest BCUT2D eigenvalue weighted by Crippen LogP contribution is 1.96. The Bertz CT molecular complexity index is 376. The van der Waals surface area contributed by atoms with Crippen molar-refractivity contribution in [2.45, 2.75) is 39.4 Å². The molecule has 2 N–H and O–H groups in total. The lowest BCUT2D eigenvalue weighted by Crippen LogP contribution is -2.28. The molecule has 0 aromatic carbocycles. The number of nitrogens with one attached hydrogen (secondary N) is 2. The second kappa shape index (κ2) is 8.66.